The van der Waals surface area contributed by atoms with Gasteiger partial charge in [-0.1, -0.05) is 0 Å². The molecule has 0 radical (unpaired) electrons. The van der Waals surface area contributed by atoms with Crippen molar-refractivity contribution in [2.75, 3.05) is 37.6 Å². The molecule has 7 nitrogen and oxygen atoms in total. The number of nitrogens with zero attached hydrogens (tertiary/aromatic N) is 4. The van der Waals surface area contributed by atoms with Crippen LogP contribution in [0.5, 0.6) is 0 Å². The summed E-state index contributed by atoms with van der Waals surface area (Å²) in [6.45, 7) is 7.98. The Bertz CT molecular complexity index is 940. The van der Waals surface area contributed by atoms with Gasteiger partial charge in [0.2, 0.25) is 5.91 Å². The number of anilines is 1. The highest BCUT2D eigenvalue weighted by Gasteiger charge is 2.31. The molecule has 3 heterocycles. The first-order valence-corrected chi connectivity index (χ1v) is 10.2. The van der Waals surface area contributed by atoms with Gasteiger partial charge in [-0.05, 0) is 37.6 Å². The zero-order valence-corrected chi connectivity index (χ0v) is 17.0. The number of carbonyl (C=O) groups excluding carboxylic acids is 1. The Balaban J connectivity index is 1.50. The molecule has 2 aromatic rings. The summed E-state index contributed by atoms with van der Waals surface area (Å²) in [5.41, 5.74) is 2.45. The van der Waals surface area contributed by atoms with E-state index in [2.05, 4.69) is 33.1 Å². The number of nitriles is 1. The van der Waals surface area contributed by atoms with Gasteiger partial charge in [0.25, 0.3) is 0 Å². The van der Waals surface area contributed by atoms with Gasteiger partial charge in [0, 0.05) is 63.0 Å². The van der Waals surface area contributed by atoms with Crippen molar-refractivity contribution in [2.45, 2.75) is 38.5 Å². The molecule has 2 fully saturated rings. The third-order valence-electron chi connectivity index (χ3n) is 5.68. The molecule has 3 atom stereocenters. The van der Waals surface area contributed by atoms with Crippen molar-refractivity contribution in [3.63, 3.8) is 0 Å². The summed E-state index contributed by atoms with van der Waals surface area (Å²) in [4.78, 5) is 20.5. The molecule has 0 saturated carbocycles. The van der Waals surface area contributed by atoms with E-state index in [-0.39, 0.29) is 24.2 Å². The fourth-order valence-corrected chi connectivity index (χ4v) is 4.56. The highest BCUT2D eigenvalue weighted by Crippen LogP contribution is 2.30. The predicted molar refractivity (Wildman–Crippen MR) is 112 cm³/mol. The number of likely N-dealkylation sites (tertiary alicyclic amines) is 1. The Morgan fingerprint density at radius 2 is 2.21 bits per heavy atom. The number of amides is 1. The van der Waals surface area contributed by atoms with Crippen molar-refractivity contribution in [1.82, 2.24) is 15.2 Å². The molecule has 0 spiro atoms. The summed E-state index contributed by atoms with van der Waals surface area (Å²) in [6.07, 6.45) is 2.93. The SMILES string of the molecule is CC(=O)N[C@H]1CCN(C[C@H]2CN(c3ccc(C#N)c4ncccc34)C[C@@H](C)O2)C1. The first kappa shape index (κ1) is 19.6. The van der Waals surface area contributed by atoms with E-state index in [0.29, 0.717) is 5.56 Å². The van der Waals surface area contributed by atoms with Crippen LogP contribution in [0.4, 0.5) is 5.69 Å². The van der Waals surface area contributed by atoms with Crippen LogP contribution in [0.15, 0.2) is 30.5 Å². The highest BCUT2D eigenvalue weighted by molar-refractivity contribution is 5.95. The normalized spacial score (nSPS) is 25.1. The van der Waals surface area contributed by atoms with Crippen LogP contribution in [-0.2, 0) is 9.53 Å². The zero-order chi connectivity index (χ0) is 20.4. The summed E-state index contributed by atoms with van der Waals surface area (Å²) in [6, 6.07) is 10.3. The van der Waals surface area contributed by atoms with E-state index in [1.54, 1.807) is 13.1 Å². The maximum atomic E-state index is 11.3. The lowest BCUT2D eigenvalue weighted by atomic mass is 10.1. The molecule has 0 bridgehead atoms. The minimum Gasteiger partial charge on any atom is -0.370 e. The molecule has 0 aliphatic carbocycles. The largest absolute Gasteiger partial charge is 0.370 e. The molecule has 0 unspecified atom stereocenters. The molecule has 1 N–H and O–H groups in total. The lowest BCUT2D eigenvalue weighted by Gasteiger charge is -2.40. The number of ether oxygens (including phenoxy) is 1. The summed E-state index contributed by atoms with van der Waals surface area (Å²) in [5, 5.41) is 13.4. The third kappa shape index (κ3) is 4.34. The number of fused-ring (bicyclic) bond motifs is 1. The average molecular weight is 393 g/mol. The number of hydrogen-bond donors (Lipinski definition) is 1. The van der Waals surface area contributed by atoms with Gasteiger partial charge in [0.1, 0.15) is 6.07 Å². The Morgan fingerprint density at radius 3 is 3.00 bits per heavy atom. The molecular weight excluding hydrogens is 366 g/mol. The van der Waals surface area contributed by atoms with Crippen molar-refractivity contribution < 1.29 is 9.53 Å². The van der Waals surface area contributed by atoms with Gasteiger partial charge in [-0.3, -0.25) is 14.7 Å². The number of pyridine rings is 1. The van der Waals surface area contributed by atoms with Crippen molar-refractivity contribution in [3.8, 4) is 6.07 Å². The molecule has 7 heteroatoms. The van der Waals surface area contributed by atoms with Gasteiger partial charge in [-0.15, -0.1) is 0 Å². The van der Waals surface area contributed by atoms with Crippen LogP contribution in [0.2, 0.25) is 0 Å². The summed E-state index contributed by atoms with van der Waals surface area (Å²) >= 11 is 0. The molecular formula is C22H27N5O2. The Morgan fingerprint density at radius 1 is 1.34 bits per heavy atom. The van der Waals surface area contributed by atoms with Crippen LogP contribution in [0.25, 0.3) is 10.9 Å². The molecule has 29 heavy (non-hydrogen) atoms. The van der Waals surface area contributed by atoms with Crippen molar-refractivity contribution in [3.05, 3.63) is 36.0 Å². The molecule has 2 aliphatic heterocycles. The van der Waals surface area contributed by atoms with Gasteiger partial charge in [0.15, 0.2) is 0 Å². The first-order valence-electron chi connectivity index (χ1n) is 10.2. The van der Waals surface area contributed by atoms with E-state index < -0.39 is 0 Å². The van der Waals surface area contributed by atoms with Gasteiger partial charge < -0.3 is 15.0 Å². The molecule has 2 aliphatic rings. The predicted octanol–water partition coefficient (Wildman–Crippen LogP) is 1.91. The average Bonchev–Trinajstić information content (AvgIpc) is 3.12. The minimum absolute atomic E-state index is 0.0341. The number of rotatable bonds is 4. The van der Waals surface area contributed by atoms with Crippen LogP contribution in [0.1, 0.15) is 25.8 Å². The van der Waals surface area contributed by atoms with Crippen LogP contribution in [-0.4, -0.2) is 66.8 Å². The number of hydrogen-bond acceptors (Lipinski definition) is 6. The van der Waals surface area contributed by atoms with Gasteiger partial charge in [-0.2, -0.15) is 5.26 Å². The van der Waals surface area contributed by atoms with Crippen molar-refractivity contribution in [2.24, 2.45) is 0 Å². The minimum atomic E-state index is 0.0341. The van der Waals surface area contributed by atoms with Crippen molar-refractivity contribution in [1.29, 1.82) is 5.26 Å². The van der Waals surface area contributed by atoms with Gasteiger partial charge >= 0.3 is 0 Å². The molecule has 1 amide bonds. The molecule has 1 aromatic carbocycles. The van der Waals surface area contributed by atoms with Crippen molar-refractivity contribution >= 4 is 22.5 Å². The van der Waals surface area contributed by atoms with E-state index in [9.17, 15) is 10.1 Å². The first-order chi connectivity index (χ1) is 14.0. The maximum absolute atomic E-state index is 11.3. The fourth-order valence-electron chi connectivity index (χ4n) is 4.56. The quantitative estimate of drug-likeness (QED) is 0.855. The zero-order valence-electron chi connectivity index (χ0n) is 17.0. The van der Waals surface area contributed by atoms with Crippen LogP contribution < -0.4 is 10.2 Å². The summed E-state index contributed by atoms with van der Waals surface area (Å²) in [5.74, 6) is 0.0341. The summed E-state index contributed by atoms with van der Waals surface area (Å²) < 4.78 is 6.23. The van der Waals surface area contributed by atoms with E-state index in [4.69, 9.17) is 4.74 Å². The van der Waals surface area contributed by atoms with Gasteiger partial charge in [-0.25, -0.2) is 0 Å². The molecule has 1 aromatic heterocycles. The van der Waals surface area contributed by atoms with E-state index in [1.165, 1.54) is 0 Å². The third-order valence-corrected chi connectivity index (χ3v) is 5.68. The maximum Gasteiger partial charge on any atom is 0.217 e. The van der Waals surface area contributed by atoms with Crippen LogP contribution in [0.3, 0.4) is 0 Å². The molecule has 4 rings (SSSR count). The number of nitrogens with one attached hydrogen (secondary N) is 1. The van der Waals surface area contributed by atoms with E-state index in [1.807, 2.05) is 24.3 Å². The topological polar surface area (TPSA) is 81.5 Å². The fraction of sp³-hybridized carbons (Fsp3) is 0.500. The number of morpholine rings is 1. The van der Waals surface area contributed by atoms with Crippen LogP contribution in [0, 0.1) is 11.3 Å². The monoisotopic (exact) mass is 393 g/mol. The Hall–Kier alpha value is -2.69. The summed E-state index contributed by atoms with van der Waals surface area (Å²) in [7, 11) is 0. The second kappa shape index (κ2) is 8.36. The van der Waals surface area contributed by atoms with E-state index in [0.717, 1.165) is 55.7 Å². The van der Waals surface area contributed by atoms with Crippen LogP contribution >= 0.6 is 0 Å². The Labute approximate surface area is 171 Å². The second-order valence-corrected chi connectivity index (χ2v) is 8.06. The lowest BCUT2D eigenvalue weighted by Crippen LogP contribution is -2.51. The second-order valence-electron chi connectivity index (χ2n) is 8.06. The lowest BCUT2D eigenvalue weighted by molar-refractivity contribution is -0.119. The molecule has 2 saturated heterocycles. The number of benzene rings is 1. The Kier molecular flexibility index (Phi) is 5.65. The van der Waals surface area contributed by atoms with Gasteiger partial charge in [0.05, 0.1) is 23.3 Å². The van der Waals surface area contributed by atoms with E-state index >= 15 is 0 Å². The molecule has 152 valence electrons. The highest BCUT2D eigenvalue weighted by atomic mass is 16.5. The standard InChI is InChI=1S/C22H27N5O2/c1-15-11-27(21-6-5-17(10-23)22-20(21)4-3-8-24-22)14-19(29-15)13-26-9-7-18(12-26)25-16(2)28/h3-6,8,15,18-19H,7,9,11-14H2,1-2H3,(H,25,28)/t15-,18+,19+/m1/s1. The number of aromatic nitrogens is 1. The smallest absolute Gasteiger partial charge is 0.217 e. The number of carbonyl (C=O) groups is 1.